The highest BCUT2D eigenvalue weighted by Gasteiger charge is 2.35. The van der Waals surface area contributed by atoms with Gasteiger partial charge in [0.2, 0.25) is 0 Å². The lowest BCUT2D eigenvalue weighted by molar-refractivity contribution is -0.138. The number of aliphatic imine (C=N–C) groups is 1. The number of guanidine groups is 1. The summed E-state index contributed by atoms with van der Waals surface area (Å²) in [6.45, 7) is 2.15. The van der Waals surface area contributed by atoms with Crippen molar-refractivity contribution >= 4 is 29.9 Å². The van der Waals surface area contributed by atoms with E-state index in [1.165, 1.54) is 19.2 Å². The molecule has 2 atom stereocenters. The van der Waals surface area contributed by atoms with Crippen molar-refractivity contribution in [1.29, 1.82) is 0 Å². The van der Waals surface area contributed by atoms with E-state index in [4.69, 9.17) is 4.74 Å². The molecule has 0 heterocycles. The van der Waals surface area contributed by atoms with Crippen LogP contribution in [0, 0.1) is 5.92 Å². The minimum absolute atomic E-state index is 0. The molecule has 2 unspecified atom stereocenters. The first-order valence-electron chi connectivity index (χ1n) is 7.06. The molecule has 1 aromatic carbocycles. The number of halogens is 4. The van der Waals surface area contributed by atoms with Crippen LogP contribution in [0.2, 0.25) is 0 Å². The van der Waals surface area contributed by atoms with Crippen molar-refractivity contribution in [3.05, 3.63) is 29.3 Å². The van der Waals surface area contributed by atoms with Crippen molar-refractivity contribution in [3.63, 3.8) is 0 Å². The molecule has 1 saturated carbocycles. The minimum atomic E-state index is -4.42. The second kappa shape index (κ2) is 8.07. The molecule has 23 heavy (non-hydrogen) atoms. The van der Waals surface area contributed by atoms with E-state index in [-0.39, 0.29) is 41.8 Å². The second-order valence-electron chi connectivity index (χ2n) is 5.41. The van der Waals surface area contributed by atoms with Crippen molar-refractivity contribution < 1.29 is 17.9 Å². The molecule has 0 spiro atoms. The van der Waals surface area contributed by atoms with Crippen LogP contribution >= 0.6 is 24.0 Å². The van der Waals surface area contributed by atoms with Crippen molar-refractivity contribution in [1.82, 2.24) is 10.6 Å². The lowest BCUT2D eigenvalue weighted by atomic mass is 10.1. The number of alkyl halides is 3. The lowest BCUT2D eigenvalue weighted by Crippen LogP contribution is -2.38. The van der Waals surface area contributed by atoms with Crippen LogP contribution in [0.3, 0.4) is 0 Å². The van der Waals surface area contributed by atoms with Crippen LogP contribution in [0.5, 0.6) is 5.75 Å². The van der Waals surface area contributed by atoms with Crippen LogP contribution < -0.4 is 15.4 Å². The number of nitrogens with zero attached hydrogens (tertiary/aromatic N) is 1. The maximum atomic E-state index is 13.1. The van der Waals surface area contributed by atoms with E-state index in [0.717, 1.165) is 12.5 Å². The van der Waals surface area contributed by atoms with Gasteiger partial charge in [0.15, 0.2) is 5.96 Å². The van der Waals surface area contributed by atoms with Gasteiger partial charge in [-0.1, -0.05) is 13.0 Å². The van der Waals surface area contributed by atoms with Gasteiger partial charge in [-0.25, -0.2) is 0 Å². The predicted octanol–water partition coefficient (Wildman–Crippen LogP) is 3.41. The lowest BCUT2D eigenvalue weighted by Gasteiger charge is -2.16. The monoisotopic (exact) mass is 443 g/mol. The summed E-state index contributed by atoms with van der Waals surface area (Å²) in [5.41, 5.74) is -0.547. The molecule has 2 rings (SSSR count). The number of nitrogens with one attached hydrogen (secondary N) is 2. The predicted molar refractivity (Wildman–Crippen MR) is 94.3 cm³/mol. The van der Waals surface area contributed by atoms with Crippen LogP contribution in [-0.4, -0.2) is 26.2 Å². The van der Waals surface area contributed by atoms with Crippen molar-refractivity contribution in [2.45, 2.75) is 32.1 Å². The molecule has 0 bridgehead atoms. The van der Waals surface area contributed by atoms with Gasteiger partial charge in [-0.05, 0) is 30.0 Å². The smallest absolute Gasteiger partial charge is 0.416 e. The molecule has 1 aromatic rings. The van der Waals surface area contributed by atoms with Gasteiger partial charge in [0.1, 0.15) is 5.75 Å². The van der Waals surface area contributed by atoms with Gasteiger partial charge < -0.3 is 15.4 Å². The minimum Gasteiger partial charge on any atom is -0.497 e. The van der Waals surface area contributed by atoms with Gasteiger partial charge in [-0.15, -0.1) is 24.0 Å². The maximum Gasteiger partial charge on any atom is 0.416 e. The molecule has 1 aliphatic rings. The standard InChI is InChI=1S/C15H20F3N3O.HI/c1-9-6-13(9)21-14(19-2)20-8-10-4-5-11(22-3)7-12(10)15(16,17)18;/h4-5,7,9,13H,6,8H2,1-3H3,(H2,19,20,21);1H. The Balaban J connectivity index is 0.00000264. The van der Waals surface area contributed by atoms with E-state index in [2.05, 4.69) is 22.5 Å². The van der Waals surface area contributed by atoms with Gasteiger partial charge in [-0.2, -0.15) is 13.2 Å². The number of rotatable bonds is 4. The van der Waals surface area contributed by atoms with E-state index in [1.807, 2.05) is 0 Å². The van der Waals surface area contributed by atoms with Crippen LogP contribution in [0.1, 0.15) is 24.5 Å². The fraction of sp³-hybridized carbons (Fsp3) is 0.533. The molecule has 2 N–H and O–H groups in total. The van der Waals surface area contributed by atoms with Gasteiger partial charge in [0.05, 0.1) is 12.7 Å². The topological polar surface area (TPSA) is 45.7 Å². The quantitative estimate of drug-likeness (QED) is 0.426. The first kappa shape index (κ1) is 19.9. The summed E-state index contributed by atoms with van der Waals surface area (Å²) in [5, 5.41) is 6.10. The highest BCUT2D eigenvalue weighted by Crippen LogP contribution is 2.34. The van der Waals surface area contributed by atoms with Gasteiger partial charge in [-0.3, -0.25) is 4.99 Å². The molecule has 0 aliphatic heterocycles. The van der Waals surface area contributed by atoms with Gasteiger partial charge in [0, 0.05) is 19.6 Å². The van der Waals surface area contributed by atoms with E-state index in [9.17, 15) is 13.2 Å². The van der Waals surface area contributed by atoms with Crippen LogP contribution in [0.15, 0.2) is 23.2 Å². The third-order valence-electron chi connectivity index (χ3n) is 3.72. The van der Waals surface area contributed by atoms with Crippen molar-refractivity contribution in [2.24, 2.45) is 10.9 Å². The Bertz CT molecular complexity index is 563. The first-order chi connectivity index (χ1) is 10.3. The molecule has 0 aromatic heterocycles. The average molecular weight is 443 g/mol. The SMILES string of the molecule is CN=C(NCc1ccc(OC)cc1C(F)(F)F)NC1CC1C.I. The zero-order valence-electron chi connectivity index (χ0n) is 13.2. The van der Waals surface area contributed by atoms with E-state index < -0.39 is 11.7 Å². The molecule has 0 radical (unpaired) electrons. The zero-order valence-corrected chi connectivity index (χ0v) is 15.5. The summed E-state index contributed by atoms with van der Waals surface area (Å²) in [5.74, 6) is 1.27. The van der Waals surface area contributed by atoms with Crippen LogP contribution in [0.4, 0.5) is 13.2 Å². The Labute approximate surface area is 150 Å². The fourth-order valence-corrected chi connectivity index (χ4v) is 2.17. The zero-order chi connectivity index (χ0) is 16.3. The second-order valence-corrected chi connectivity index (χ2v) is 5.41. The molecular formula is C15H21F3IN3O. The summed E-state index contributed by atoms with van der Waals surface area (Å²) in [6, 6.07) is 4.30. The molecule has 1 fully saturated rings. The molecule has 4 nitrogen and oxygen atoms in total. The number of ether oxygens (including phenoxy) is 1. The Morgan fingerprint density at radius 1 is 1.39 bits per heavy atom. The van der Waals surface area contributed by atoms with Gasteiger partial charge >= 0.3 is 6.18 Å². The molecule has 1 aliphatic carbocycles. The Morgan fingerprint density at radius 3 is 2.52 bits per heavy atom. The number of benzene rings is 1. The summed E-state index contributed by atoms with van der Waals surface area (Å²) >= 11 is 0. The molecule has 0 amide bonds. The maximum absolute atomic E-state index is 13.1. The van der Waals surface area contributed by atoms with E-state index in [1.54, 1.807) is 7.05 Å². The Morgan fingerprint density at radius 2 is 2.04 bits per heavy atom. The summed E-state index contributed by atoms with van der Waals surface area (Å²) in [6.07, 6.45) is -3.37. The number of hydrogen-bond acceptors (Lipinski definition) is 2. The van der Waals surface area contributed by atoms with E-state index in [0.29, 0.717) is 17.9 Å². The normalized spacial score (nSPS) is 20.5. The Kier molecular flexibility index (Phi) is 6.97. The highest BCUT2D eigenvalue weighted by molar-refractivity contribution is 14.0. The Hall–Kier alpha value is -1.19. The van der Waals surface area contributed by atoms with Crippen molar-refractivity contribution in [2.75, 3.05) is 14.2 Å². The summed E-state index contributed by atoms with van der Waals surface area (Å²) in [7, 11) is 2.94. The molecule has 0 saturated heterocycles. The third-order valence-corrected chi connectivity index (χ3v) is 3.72. The first-order valence-corrected chi connectivity index (χ1v) is 7.06. The number of hydrogen-bond donors (Lipinski definition) is 2. The third kappa shape index (κ3) is 5.43. The molecular weight excluding hydrogens is 422 g/mol. The fourth-order valence-electron chi connectivity index (χ4n) is 2.17. The van der Waals surface area contributed by atoms with Gasteiger partial charge in [0.25, 0.3) is 0 Å². The van der Waals surface area contributed by atoms with Crippen molar-refractivity contribution in [3.8, 4) is 5.75 Å². The molecule has 8 heteroatoms. The summed E-state index contributed by atoms with van der Waals surface area (Å²) < 4.78 is 44.2. The molecule has 130 valence electrons. The largest absolute Gasteiger partial charge is 0.497 e. The van der Waals surface area contributed by atoms with Crippen LogP contribution in [-0.2, 0) is 12.7 Å². The summed E-state index contributed by atoms with van der Waals surface area (Å²) in [4.78, 5) is 4.03. The van der Waals surface area contributed by atoms with Crippen LogP contribution in [0.25, 0.3) is 0 Å². The van der Waals surface area contributed by atoms with E-state index >= 15 is 0 Å². The highest BCUT2D eigenvalue weighted by atomic mass is 127. The average Bonchev–Trinajstić information content (AvgIpc) is 3.17. The number of methoxy groups -OCH3 is 1.